The van der Waals surface area contributed by atoms with E-state index in [0.29, 0.717) is 36.8 Å². The maximum Gasteiger partial charge on any atom is 0.362 e. The molecule has 0 radical (unpaired) electrons. The summed E-state index contributed by atoms with van der Waals surface area (Å²) >= 11 is 0. The van der Waals surface area contributed by atoms with Gasteiger partial charge in [0.05, 0.1) is 27.2 Å². The Morgan fingerprint density at radius 1 is 1.31 bits per heavy atom. The molecule has 7 heteroatoms. The van der Waals surface area contributed by atoms with Gasteiger partial charge in [0, 0.05) is 19.5 Å². The summed E-state index contributed by atoms with van der Waals surface area (Å²) < 4.78 is 0.361. The number of allylic oxidation sites excluding steroid dienone is 1. The zero-order valence-corrected chi connectivity index (χ0v) is 17.0. The van der Waals surface area contributed by atoms with E-state index in [1.54, 1.807) is 4.90 Å². The summed E-state index contributed by atoms with van der Waals surface area (Å²) in [5, 5.41) is 26.9. The van der Waals surface area contributed by atoms with E-state index in [0.717, 1.165) is 17.6 Å². The van der Waals surface area contributed by atoms with Gasteiger partial charge in [-0.1, -0.05) is 23.8 Å². The average Bonchev–Trinajstić information content (AvgIpc) is 2.49. The van der Waals surface area contributed by atoms with Crippen LogP contribution in [-0.4, -0.2) is 77.9 Å². The first-order valence-corrected chi connectivity index (χ1v) is 8.98. The van der Waals surface area contributed by atoms with Gasteiger partial charge >= 0.3 is 5.97 Å². The van der Waals surface area contributed by atoms with Crippen LogP contribution in [0.5, 0.6) is 0 Å². The van der Waals surface area contributed by atoms with Crippen molar-refractivity contribution in [2.45, 2.75) is 51.7 Å². The smallest absolute Gasteiger partial charge is 0.362 e. The molecular weight excluding hydrogens is 332 g/mol. The van der Waals surface area contributed by atoms with E-state index in [-0.39, 0.29) is 5.96 Å². The Balaban J connectivity index is 4.57. The highest BCUT2D eigenvalue weighted by Gasteiger charge is 2.30. The summed E-state index contributed by atoms with van der Waals surface area (Å²) in [6.07, 6.45) is 4.06. The largest absolute Gasteiger partial charge is 0.477 e. The number of nitrogens with one attached hydrogen (secondary N) is 1. The Labute approximate surface area is 157 Å². The van der Waals surface area contributed by atoms with Crippen molar-refractivity contribution in [2.75, 3.05) is 34.2 Å². The van der Waals surface area contributed by atoms with Crippen LogP contribution in [0.1, 0.15) is 39.5 Å². The van der Waals surface area contributed by atoms with Crippen LogP contribution >= 0.6 is 0 Å². The number of guanidine groups is 1. The molecule has 0 amide bonds. The molecule has 5 N–H and O–H groups in total. The first-order valence-electron chi connectivity index (χ1n) is 8.98. The SMILES string of the molecule is C=C(C)C(O)CCC(C)=CCN(CCCC(C(=O)O)[N+](C)(C)C)C(=N)N. The molecule has 0 fully saturated rings. The third-order valence-electron chi connectivity index (χ3n) is 4.51. The van der Waals surface area contributed by atoms with E-state index >= 15 is 0 Å². The second kappa shape index (κ2) is 11.0. The predicted octanol–water partition coefficient (Wildman–Crippen LogP) is 1.78. The molecule has 0 aromatic heterocycles. The van der Waals surface area contributed by atoms with Crippen LogP contribution < -0.4 is 5.73 Å². The van der Waals surface area contributed by atoms with Crippen LogP contribution in [0, 0.1) is 5.41 Å². The van der Waals surface area contributed by atoms with E-state index in [1.165, 1.54) is 0 Å². The predicted molar refractivity (Wildman–Crippen MR) is 106 cm³/mol. The van der Waals surface area contributed by atoms with E-state index in [4.69, 9.17) is 11.1 Å². The lowest BCUT2D eigenvalue weighted by Gasteiger charge is -2.31. The summed E-state index contributed by atoms with van der Waals surface area (Å²) in [7, 11) is 5.60. The molecule has 0 rings (SSSR count). The topological polar surface area (TPSA) is 111 Å². The standard InChI is InChI=1S/C19H36N4O3/c1-14(2)17(24)10-9-15(3)11-13-22(19(20)21)12-7-8-16(18(25)26)23(4,5)6/h11,16-17,24H,1,7-10,12-13H2,2-6H3,(H3-,20,21,25,26)/p+1. The van der Waals surface area contributed by atoms with Crippen LogP contribution in [0.2, 0.25) is 0 Å². The summed E-state index contributed by atoms with van der Waals surface area (Å²) in [6.45, 7) is 8.58. The molecule has 150 valence electrons. The molecule has 0 aliphatic heterocycles. The zero-order valence-electron chi connectivity index (χ0n) is 17.0. The number of nitrogens with zero attached hydrogens (tertiary/aromatic N) is 2. The van der Waals surface area contributed by atoms with Gasteiger partial charge in [0.1, 0.15) is 0 Å². The number of nitrogens with two attached hydrogens (primary N) is 1. The van der Waals surface area contributed by atoms with E-state index < -0.39 is 18.1 Å². The highest BCUT2D eigenvalue weighted by Crippen LogP contribution is 2.13. The molecule has 0 aliphatic carbocycles. The number of carboxylic acid groups (broad SMARTS) is 1. The first-order chi connectivity index (χ1) is 11.9. The fourth-order valence-electron chi connectivity index (χ4n) is 2.61. The lowest BCUT2D eigenvalue weighted by Crippen LogP contribution is -2.50. The molecular formula is C19H37N4O3+. The normalized spacial score (nSPS) is 14.6. The van der Waals surface area contributed by atoms with Crippen molar-refractivity contribution in [1.82, 2.24) is 4.90 Å². The second-order valence-electron chi connectivity index (χ2n) is 7.90. The zero-order chi connectivity index (χ0) is 20.5. The van der Waals surface area contributed by atoms with Crippen molar-refractivity contribution in [3.8, 4) is 0 Å². The number of hydrogen-bond acceptors (Lipinski definition) is 3. The molecule has 0 saturated heterocycles. The number of rotatable bonds is 12. The number of quaternary nitrogens is 1. The van der Waals surface area contributed by atoms with Crippen molar-refractivity contribution < 1.29 is 19.5 Å². The molecule has 26 heavy (non-hydrogen) atoms. The van der Waals surface area contributed by atoms with Gasteiger partial charge < -0.3 is 25.3 Å². The fraction of sp³-hybridized carbons (Fsp3) is 0.684. The van der Waals surface area contributed by atoms with Crippen molar-refractivity contribution in [2.24, 2.45) is 5.73 Å². The van der Waals surface area contributed by atoms with E-state index in [2.05, 4.69) is 6.58 Å². The van der Waals surface area contributed by atoms with Crippen LogP contribution in [0.25, 0.3) is 0 Å². The van der Waals surface area contributed by atoms with Gasteiger partial charge in [0.2, 0.25) is 0 Å². The van der Waals surface area contributed by atoms with Gasteiger partial charge in [0.25, 0.3) is 0 Å². The first kappa shape index (κ1) is 24.1. The summed E-state index contributed by atoms with van der Waals surface area (Å²) in [6, 6.07) is -0.482. The Kier molecular flexibility index (Phi) is 10.2. The lowest BCUT2D eigenvalue weighted by atomic mass is 10.0. The van der Waals surface area contributed by atoms with Crippen molar-refractivity contribution in [3.05, 3.63) is 23.8 Å². The molecule has 0 spiro atoms. The number of carbonyl (C=O) groups is 1. The molecule has 0 heterocycles. The van der Waals surface area contributed by atoms with Crippen LogP contribution in [0.15, 0.2) is 23.8 Å². The highest BCUT2D eigenvalue weighted by atomic mass is 16.4. The van der Waals surface area contributed by atoms with Gasteiger partial charge in [-0.05, 0) is 33.1 Å². The van der Waals surface area contributed by atoms with Crippen molar-refractivity contribution in [1.29, 1.82) is 5.41 Å². The van der Waals surface area contributed by atoms with Gasteiger partial charge in [-0.25, -0.2) is 4.79 Å². The molecule has 0 saturated carbocycles. The van der Waals surface area contributed by atoms with E-state index in [9.17, 15) is 15.0 Å². The summed E-state index contributed by atoms with van der Waals surface area (Å²) in [4.78, 5) is 13.1. The maximum absolute atomic E-state index is 11.4. The number of carboxylic acids is 1. The lowest BCUT2D eigenvalue weighted by molar-refractivity contribution is -0.887. The van der Waals surface area contributed by atoms with Crippen molar-refractivity contribution >= 4 is 11.9 Å². The number of aliphatic hydroxyl groups excluding tert-OH is 1. The Morgan fingerprint density at radius 3 is 2.31 bits per heavy atom. The number of aliphatic carboxylic acids is 1. The number of aliphatic hydroxyl groups is 1. The van der Waals surface area contributed by atoms with Crippen molar-refractivity contribution in [3.63, 3.8) is 0 Å². The minimum Gasteiger partial charge on any atom is -0.477 e. The molecule has 2 unspecified atom stereocenters. The fourth-order valence-corrected chi connectivity index (χ4v) is 2.61. The molecule has 0 aromatic carbocycles. The Morgan fingerprint density at radius 2 is 1.88 bits per heavy atom. The third kappa shape index (κ3) is 9.58. The molecule has 0 aliphatic rings. The highest BCUT2D eigenvalue weighted by molar-refractivity contribution is 5.74. The minimum absolute atomic E-state index is 0.0202. The number of hydrogen-bond donors (Lipinski definition) is 4. The third-order valence-corrected chi connectivity index (χ3v) is 4.51. The second-order valence-corrected chi connectivity index (χ2v) is 7.90. The van der Waals surface area contributed by atoms with Gasteiger partial charge in [0.15, 0.2) is 12.0 Å². The van der Waals surface area contributed by atoms with Gasteiger partial charge in [-0.2, -0.15) is 0 Å². The quantitative estimate of drug-likeness (QED) is 0.181. The van der Waals surface area contributed by atoms with Gasteiger partial charge in [-0.15, -0.1) is 0 Å². The average molecular weight is 370 g/mol. The molecule has 0 bridgehead atoms. The summed E-state index contributed by atoms with van der Waals surface area (Å²) in [5.74, 6) is -0.827. The molecule has 2 atom stereocenters. The van der Waals surface area contributed by atoms with Crippen LogP contribution in [0.4, 0.5) is 0 Å². The Bertz CT molecular complexity index is 523. The number of likely N-dealkylation sites (N-methyl/N-ethyl adjacent to an activating group) is 1. The minimum atomic E-state index is -0.807. The van der Waals surface area contributed by atoms with E-state index in [1.807, 2.05) is 41.1 Å². The van der Waals surface area contributed by atoms with Crippen LogP contribution in [0.3, 0.4) is 0 Å². The monoisotopic (exact) mass is 369 g/mol. The maximum atomic E-state index is 11.4. The Hall–Kier alpha value is -1.86. The summed E-state index contributed by atoms with van der Waals surface area (Å²) in [5.41, 5.74) is 7.53. The van der Waals surface area contributed by atoms with Crippen LogP contribution in [-0.2, 0) is 4.79 Å². The molecule has 7 nitrogen and oxygen atoms in total. The van der Waals surface area contributed by atoms with Gasteiger partial charge in [-0.3, -0.25) is 5.41 Å². The molecule has 0 aromatic rings.